The summed E-state index contributed by atoms with van der Waals surface area (Å²) in [6, 6.07) is 6.71. The minimum absolute atomic E-state index is 0.0911. The number of hydrogen-bond acceptors (Lipinski definition) is 4. The summed E-state index contributed by atoms with van der Waals surface area (Å²) in [6.07, 6.45) is 0.182. The number of halogens is 1. The summed E-state index contributed by atoms with van der Waals surface area (Å²) in [5.41, 5.74) is 2.25. The van der Waals surface area contributed by atoms with E-state index < -0.39 is 0 Å². The van der Waals surface area contributed by atoms with Crippen molar-refractivity contribution >= 4 is 17.3 Å². The van der Waals surface area contributed by atoms with Crippen molar-refractivity contribution < 1.29 is 9.47 Å². The maximum absolute atomic E-state index is 6.46. The van der Waals surface area contributed by atoms with E-state index in [-0.39, 0.29) is 12.2 Å². The molecule has 4 nitrogen and oxygen atoms in total. The molecular weight excluding hydrogens is 288 g/mol. The van der Waals surface area contributed by atoms with Crippen molar-refractivity contribution in [2.45, 2.75) is 38.6 Å². The molecule has 1 aliphatic rings. The first-order chi connectivity index (χ1) is 10.0. The molecule has 2 rings (SSSR count). The van der Waals surface area contributed by atoms with Crippen molar-refractivity contribution in [2.75, 3.05) is 32.2 Å². The van der Waals surface area contributed by atoms with Gasteiger partial charge in [0.05, 0.1) is 10.7 Å². The van der Waals surface area contributed by atoms with Crippen molar-refractivity contribution in [1.29, 1.82) is 0 Å². The standard InChI is InChI=1S/C16H25ClN2O2/c1-11(2)18-8-12-5-6-14(13(17)7-12)19-9-15(20-3)16(10-19)21-4/h5-7,11,15-16,18H,8-10H2,1-4H3. The van der Waals surface area contributed by atoms with Gasteiger partial charge in [-0.15, -0.1) is 0 Å². The number of nitrogens with zero attached hydrogens (tertiary/aromatic N) is 1. The summed E-state index contributed by atoms with van der Waals surface area (Å²) in [4.78, 5) is 2.23. The van der Waals surface area contributed by atoms with Gasteiger partial charge in [0.2, 0.25) is 0 Å². The van der Waals surface area contributed by atoms with Crippen LogP contribution in [0.25, 0.3) is 0 Å². The Hall–Kier alpha value is -0.810. The number of rotatable bonds is 6. The van der Waals surface area contributed by atoms with Gasteiger partial charge < -0.3 is 19.7 Å². The van der Waals surface area contributed by atoms with Crippen LogP contribution in [0.5, 0.6) is 0 Å². The van der Waals surface area contributed by atoms with E-state index in [0.717, 1.165) is 30.3 Å². The molecule has 118 valence electrons. The highest BCUT2D eigenvalue weighted by atomic mass is 35.5. The van der Waals surface area contributed by atoms with Gasteiger partial charge in [-0.25, -0.2) is 0 Å². The smallest absolute Gasteiger partial charge is 0.102 e. The minimum Gasteiger partial charge on any atom is -0.377 e. The largest absolute Gasteiger partial charge is 0.377 e. The third-order valence-electron chi connectivity index (χ3n) is 3.89. The first kappa shape index (κ1) is 16.6. The van der Waals surface area contributed by atoms with Crippen LogP contribution in [0.15, 0.2) is 18.2 Å². The lowest BCUT2D eigenvalue weighted by atomic mass is 10.2. The second-order valence-electron chi connectivity index (χ2n) is 5.77. The van der Waals surface area contributed by atoms with E-state index in [1.807, 2.05) is 6.07 Å². The maximum atomic E-state index is 6.46. The van der Waals surface area contributed by atoms with Crippen LogP contribution in [0.3, 0.4) is 0 Å². The van der Waals surface area contributed by atoms with E-state index in [1.54, 1.807) is 14.2 Å². The monoisotopic (exact) mass is 312 g/mol. The SMILES string of the molecule is COC1CN(c2ccc(CNC(C)C)cc2Cl)CC1OC. The molecule has 21 heavy (non-hydrogen) atoms. The Morgan fingerprint density at radius 1 is 1.24 bits per heavy atom. The van der Waals surface area contributed by atoms with E-state index in [2.05, 4.69) is 36.2 Å². The third-order valence-corrected chi connectivity index (χ3v) is 4.19. The van der Waals surface area contributed by atoms with Crippen molar-refractivity contribution in [1.82, 2.24) is 5.32 Å². The van der Waals surface area contributed by atoms with Gasteiger partial charge in [0.15, 0.2) is 0 Å². The van der Waals surface area contributed by atoms with Crippen LogP contribution in [-0.2, 0) is 16.0 Å². The van der Waals surface area contributed by atoms with E-state index >= 15 is 0 Å². The minimum atomic E-state index is 0.0911. The van der Waals surface area contributed by atoms with Gasteiger partial charge in [-0.1, -0.05) is 31.5 Å². The Kier molecular flexibility index (Phi) is 5.88. The zero-order valence-corrected chi connectivity index (χ0v) is 14.0. The van der Waals surface area contributed by atoms with Gasteiger partial charge in [-0.3, -0.25) is 0 Å². The molecule has 0 aromatic heterocycles. The molecule has 1 aromatic carbocycles. The number of ether oxygens (including phenoxy) is 2. The van der Waals surface area contributed by atoms with Gasteiger partial charge in [-0.2, -0.15) is 0 Å². The Bertz CT molecular complexity index is 456. The van der Waals surface area contributed by atoms with Gasteiger partial charge in [-0.05, 0) is 17.7 Å². The molecule has 1 fully saturated rings. The highest BCUT2D eigenvalue weighted by Gasteiger charge is 2.33. The predicted molar refractivity (Wildman–Crippen MR) is 87.2 cm³/mol. The predicted octanol–water partition coefficient (Wildman–Crippen LogP) is 2.69. The lowest BCUT2D eigenvalue weighted by Crippen LogP contribution is -2.27. The summed E-state index contributed by atoms with van der Waals surface area (Å²) in [6.45, 7) is 6.71. The molecule has 1 aliphatic heterocycles. The summed E-state index contributed by atoms with van der Waals surface area (Å²) < 4.78 is 11.0. The average molecular weight is 313 g/mol. The van der Waals surface area contributed by atoms with Gasteiger partial charge in [0.25, 0.3) is 0 Å². The fraction of sp³-hybridized carbons (Fsp3) is 0.625. The van der Waals surface area contributed by atoms with Crippen molar-refractivity contribution in [3.05, 3.63) is 28.8 Å². The molecule has 0 aliphatic carbocycles. The summed E-state index contributed by atoms with van der Waals surface area (Å²) in [5.74, 6) is 0. The first-order valence-corrected chi connectivity index (χ1v) is 7.75. The number of methoxy groups -OCH3 is 2. The van der Waals surface area contributed by atoms with Crippen LogP contribution in [0.2, 0.25) is 5.02 Å². The molecule has 1 heterocycles. The van der Waals surface area contributed by atoms with E-state index in [9.17, 15) is 0 Å². The molecule has 0 saturated carbocycles. The number of hydrogen-bond donors (Lipinski definition) is 1. The van der Waals surface area contributed by atoms with Crippen LogP contribution in [-0.4, -0.2) is 45.6 Å². The maximum Gasteiger partial charge on any atom is 0.102 e. The topological polar surface area (TPSA) is 33.7 Å². The van der Waals surface area contributed by atoms with Crippen molar-refractivity contribution in [3.63, 3.8) is 0 Å². The van der Waals surface area contributed by atoms with Crippen molar-refractivity contribution in [3.8, 4) is 0 Å². The molecular formula is C16H25ClN2O2. The quantitative estimate of drug-likeness (QED) is 0.875. The molecule has 2 atom stereocenters. The molecule has 0 spiro atoms. The summed E-state index contributed by atoms with van der Waals surface area (Å²) in [5, 5.41) is 4.18. The fourth-order valence-corrected chi connectivity index (χ4v) is 2.95. The van der Waals surface area contributed by atoms with E-state index in [1.165, 1.54) is 5.56 Å². The zero-order chi connectivity index (χ0) is 15.4. The fourth-order valence-electron chi connectivity index (χ4n) is 2.63. The Morgan fingerprint density at radius 2 is 1.86 bits per heavy atom. The highest BCUT2D eigenvalue weighted by molar-refractivity contribution is 6.33. The van der Waals surface area contributed by atoms with Crippen LogP contribution < -0.4 is 10.2 Å². The second-order valence-corrected chi connectivity index (χ2v) is 6.18. The first-order valence-electron chi connectivity index (χ1n) is 7.37. The lowest BCUT2D eigenvalue weighted by Gasteiger charge is -2.20. The summed E-state index contributed by atoms with van der Waals surface area (Å²) >= 11 is 6.46. The van der Waals surface area contributed by atoms with Crippen molar-refractivity contribution in [2.24, 2.45) is 0 Å². The van der Waals surface area contributed by atoms with Gasteiger partial charge in [0.1, 0.15) is 12.2 Å². The molecule has 1 saturated heterocycles. The third kappa shape index (κ3) is 4.10. The lowest BCUT2D eigenvalue weighted by molar-refractivity contribution is -0.00461. The molecule has 0 radical (unpaired) electrons. The Balaban J connectivity index is 2.07. The molecule has 0 bridgehead atoms. The molecule has 1 aromatic rings. The normalized spacial score (nSPS) is 22.3. The number of nitrogens with one attached hydrogen (secondary N) is 1. The Labute approximate surface area is 132 Å². The van der Waals surface area contributed by atoms with Crippen LogP contribution in [0.1, 0.15) is 19.4 Å². The van der Waals surface area contributed by atoms with E-state index in [0.29, 0.717) is 6.04 Å². The van der Waals surface area contributed by atoms with Crippen LogP contribution in [0.4, 0.5) is 5.69 Å². The number of anilines is 1. The zero-order valence-electron chi connectivity index (χ0n) is 13.2. The average Bonchev–Trinajstić information content (AvgIpc) is 2.88. The molecule has 5 heteroatoms. The molecule has 0 amide bonds. The van der Waals surface area contributed by atoms with Gasteiger partial charge in [0, 0.05) is 39.9 Å². The van der Waals surface area contributed by atoms with Crippen LogP contribution >= 0.6 is 11.6 Å². The Morgan fingerprint density at radius 3 is 2.33 bits per heavy atom. The number of benzene rings is 1. The highest BCUT2D eigenvalue weighted by Crippen LogP contribution is 2.31. The second kappa shape index (κ2) is 7.45. The summed E-state index contributed by atoms with van der Waals surface area (Å²) in [7, 11) is 3.45. The molecule has 1 N–H and O–H groups in total. The van der Waals surface area contributed by atoms with Crippen LogP contribution in [0, 0.1) is 0 Å². The molecule has 2 unspecified atom stereocenters. The van der Waals surface area contributed by atoms with E-state index in [4.69, 9.17) is 21.1 Å². The van der Waals surface area contributed by atoms with Gasteiger partial charge >= 0.3 is 0 Å².